The maximum Gasteiger partial charge on any atom is 0.186 e. The smallest absolute Gasteiger partial charge is 0.186 e. The molecular weight excluding hydrogens is 339 g/mol. The highest BCUT2D eigenvalue weighted by atomic mass is 79.9. The monoisotopic (exact) mass is 346 g/mol. The fourth-order valence-corrected chi connectivity index (χ4v) is 3.96. The molecule has 0 aliphatic carbocycles. The van der Waals surface area contributed by atoms with Crippen LogP contribution in [0.15, 0.2) is 45.1 Å². The van der Waals surface area contributed by atoms with Crippen LogP contribution in [0.3, 0.4) is 0 Å². The topological polar surface area (TPSA) is 34.1 Å². The Morgan fingerprint density at radius 3 is 2.50 bits per heavy atom. The van der Waals surface area contributed by atoms with Crippen LogP contribution < -0.4 is 0 Å². The Morgan fingerprint density at radius 2 is 1.94 bits per heavy atom. The normalized spacial score (nSPS) is 12.3. The molecule has 0 aliphatic rings. The van der Waals surface area contributed by atoms with Gasteiger partial charge >= 0.3 is 0 Å². The highest BCUT2D eigenvalue weighted by Crippen LogP contribution is 2.23. The molecule has 2 aromatic rings. The van der Waals surface area contributed by atoms with E-state index < -0.39 is 10.8 Å². The van der Waals surface area contributed by atoms with Gasteiger partial charge in [-0.15, -0.1) is 11.3 Å². The van der Waals surface area contributed by atoms with Crippen LogP contribution in [0.4, 0.5) is 4.39 Å². The summed E-state index contributed by atoms with van der Waals surface area (Å²) in [5, 5.41) is 1.79. The van der Waals surface area contributed by atoms with Crippen LogP contribution in [0, 0.1) is 5.82 Å². The summed E-state index contributed by atoms with van der Waals surface area (Å²) in [5.41, 5.74) is 0. The Labute approximate surface area is 118 Å². The largest absolute Gasteiger partial charge is 0.292 e. The number of ketones is 1. The van der Waals surface area contributed by atoms with Gasteiger partial charge in [-0.3, -0.25) is 9.00 Å². The molecule has 18 heavy (non-hydrogen) atoms. The van der Waals surface area contributed by atoms with E-state index in [1.165, 1.54) is 35.6 Å². The molecule has 94 valence electrons. The second kappa shape index (κ2) is 5.86. The van der Waals surface area contributed by atoms with Gasteiger partial charge in [-0.1, -0.05) is 0 Å². The van der Waals surface area contributed by atoms with Gasteiger partial charge in [0.05, 0.1) is 21.4 Å². The lowest BCUT2D eigenvalue weighted by Crippen LogP contribution is -2.10. The zero-order valence-corrected chi connectivity index (χ0v) is 12.3. The zero-order valence-electron chi connectivity index (χ0n) is 9.06. The molecule has 0 saturated carbocycles. The molecule has 1 aromatic carbocycles. The molecule has 1 heterocycles. The van der Waals surface area contributed by atoms with Crippen molar-refractivity contribution in [2.24, 2.45) is 0 Å². The first-order valence-corrected chi connectivity index (χ1v) is 7.97. The fourth-order valence-electron chi connectivity index (χ4n) is 1.35. The molecule has 0 saturated heterocycles. The van der Waals surface area contributed by atoms with E-state index in [0.717, 1.165) is 0 Å². The lowest BCUT2D eigenvalue weighted by atomic mass is 10.3. The van der Waals surface area contributed by atoms with Crippen molar-refractivity contribution in [1.29, 1.82) is 0 Å². The summed E-state index contributed by atoms with van der Waals surface area (Å²) in [4.78, 5) is 12.9. The number of hydrogen-bond donors (Lipinski definition) is 0. The second-order valence-corrected chi connectivity index (χ2v) is 6.69. The number of benzene rings is 1. The lowest BCUT2D eigenvalue weighted by molar-refractivity contribution is 0.102. The Morgan fingerprint density at radius 1 is 1.28 bits per heavy atom. The van der Waals surface area contributed by atoms with Crippen molar-refractivity contribution >= 4 is 43.8 Å². The van der Waals surface area contributed by atoms with E-state index in [1.807, 2.05) is 0 Å². The van der Waals surface area contributed by atoms with Crippen molar-refractivity contribution in [2.75, 3.05) is 5.75 Å². The van der Waals surface area contributed by atoms with E-state index >= 15 is 0 Å². The first-order chi connectivity index (χ1) is 8.58. The molecule has 0 spiro atoms. The van der Waals surface area contributed by atoms with Gasteiger partial charge in [-0.2, -0.15) is 0 Å². The third kappa shape index (κ3) is 3.13. The molecule has 1 unspecified atom stereocenters. The number of halogens is 2. The summed E-state index contributed by atoms with van der Waals surface area (Å²) in [6, 6.07) is 7.11. The number of rotatable bonds is 4. The summed E-state index contributed by atoms with van der Waals surface area (Å²) in [5.74, 6) is -0.660. The number of carbonyl (C=O) groups excluding carboxylic acids is 1. The summed E-state index contributed by atoms with van der Waals surface area (Å²) in [7, 11) is -1.45. The summed E-state index contributed by atoms with van der Waals surface area (Å²) in [6.45, 7) is 0. The SMILES string of the molecule is O=C(CS(=O)c1ccc(F)cc1)c1sccc1Br. The van der Waals surface area contributed by atoms with Crippen LogP contribution in [0.1, 0.15) is 9.67 Å². The maximum absolute atomic E-state index is 12.7. The molecular formula is C12H8BrFO2S2. The molecule has 0 aliphatic heterocycles. The van der Waals surface area contributed by atoms with Crippen LogP contribution in [-0.2, 0) is 10.8 Å². The standard InChI is InChI=1S/C12H8BrFO2S2/c13-10-5-6-17-12(10)11(15)7-18(16)9-3-1-8(14)2-4-9/h1-6H,7H2. The van der Waals surface area contributed by atoms with E-state index in [0.29, 0.717) is 14.2 Å². The van der Waals surface area contributed by atoms with Crippen molar-refractivity contribution < 1.29 is 13.4 Å². The van der Waals surface area contributed by atoms with Gasteiger partial charge < -0.3 is 0 Å². The van der Waals surface area contributed by atoms with Crippen LogP contribution in [0.25, 0.3) is 0 Å². The third-order valence-electron chi connectivity index (χ3n) is 2.21. The van der Waals surface area contributed by atoms with Crippen molar-refractivity contribution in [3.63, 3.8) is 0 Å². The minimum absolute atomic E-state index is 0.0925. The van der Waals surface area contributed by atoms with Gasteiger partial charge in [-0.05, 0) is 51.6 Å². The Hall–Kier alpha value is -0.850. The highest BCUT2D eigenvalue weighted by Gasteiger charge is 2.16. The number of carbonyl (C=O) groups is 1. The van der Waals surface area contributed by atoms with E-state index in [1.54, 1.807) is 11.4 Å². The quantitative estimate of drug-likeness (QED) is 0.792. The average Bonchev–Trinajstić information content (AvgIpc) is 2.76. The van der Waals surface area contributed by atoms with Crippen LogP contribution in [0.2, 0.25) is 0 Å². The minimum atomic E-state index is -1.45. The predicted molar refractivity (Wildman–Crippen MR) is 74.0 cm³/mol. The van der Waals surface area contributed by atoms with Gasteiger partial charge in [0.2, 0.25) is 0 Å². The first-order valence-electron chi connectivity index (χ1n) is 4.98. The van der Waals surface area contributed by atoms with E-state index in [9.17, 15) is 13.4 Å². The summed E-state index contributed by atoms with van der Waals surface area (Å²) < 4.78 is 25.4. The number of hydrogen-bond acceptors (Lipinski definition) is 3. The predicted octanol–water partition coefficient (Wildman–Crippen LogP) is 3.64. The lowest BCUT2D eigenvalue weighted by Gasteiger charge is -2.01. The molecule has 1 atom stereocenters. The Bertz CT molecular complexity index is 592. The van der Waals surface area contributed by atoms with E-state index in [4.69, 9.17) is 0 Å². The number of Topliss-reactive ketones (excluding diaryl/α,β-unsaturated/α-hetero) is 1. The molecule has 1 aromatic heterocycles. The molecule has 0 radical (unpaired) electrons. The zero-order chi connectivity index (χ0) is 13.1. The summed E-state index contributed by atoms with van der Waals surface area (Å²) >= 11 is 4.57. The van der Waals surface area contributed by atoms with Crippen molar-refractivity contribution in [1.82, 2.24) is 0 Å². The molecule has 0 bridgehead atoms. The van der Waals surface area contributed by atoms with Gasteiger partial charge in [0, 0.05) is 9.37 Å². The van der Waals surface area contributed by atoms with Crippen molar-refractivity contribution in [2.45, 2.75) is 4.90 Å². The van der Waals surface area contributed by atoms with Crippen molar-refractivity contribution in [3.05, 3.63) is 50.9 Å². The van der Waals surface area contributed by atoms with E-state index in [-0.39, 0.29) is 17.4 Å². The number of thiophene rings is 1. The maximum atomic E-state index is 12.7. The third-order valence-corrected chi connectivity index (χ3v) is 5.41. The van der Waals surface area contributed by atoms with Gasteiger partial charge in [0.25, 0.3) is 0 Å². The van der Waals surface area contributed by atoms with Crippen LogP contribution >= 0.6 is 27.3 Å². The van der Waals surface area contributed by atoms with Gasteiger partial charge in [-0.25, -0.2) is 4.39 Å². The van der Waals surface area contributed by atoms with Crippen LogP contribution in [-0.4, -0.2) is 15.7 Å². The van der Waals surface area contributed by atoms with Crippen LogP contribution in [0.5, 0.6) is 0 Å². The highest BCUT2D eigenvalue weighted by molar-refractivity contribution is 9.10. The molecule has 6 heteroatoms. The molecule has 0 N–H and O–H groups in total. The second-order valence-electron chi connectivity index (χ2n) is 3.46. The molecule has 2 nitrogen and oxygen atoms in total. The van der Waals surface area contributed by atoms with Gasteiger partial charge in [0.1, 0.15) is 5.82 Å². The molecule has 0 amide bonds. The summed E-state index contributed by atoms with van der Waals surface area (Å²) in [6.07, 6.45) is 0. The fraction of sp³-hybridized carbons (Fsp3) is 0.0833. The molecule has 2 rings (SSSR count). The van der Waals surface area contributed by atoms with E-state index in [2.05, 4.69) is 15.9 Å². The average molecular weight is 347 g/mol. The minimum Gasteiger partial charge on any atom is -0.292 e. The first kappa shape index (κ1) is 13.6. The Kier molecular flexibility index (Phi) is 4.42. The molecule has 0 fully saturated rings. The Balaban J connectivity index is 2.10. The van der Waals surface area contributed by atoms with Gasteiger partial charge in [0.15, 0.2) is 5.78 Å². The van der Waals surface area contributed by atoms with Crippen molar-refractivity contribution in [3.8, 4) is 0 Å².